The van der Waals surface area contributed by atoms with Crippen LogP contribution < -0.4 is 41.9 Å². The molecule has 0 saturated heterocycles. The third kappa shape index (κ3) is 6.44. The van der Waals surface area contributed by atoms with Crippen LogP contribution in [0.5, 0.6) is 11.5 Å². The highest BCUT2D eigenvalue weighted by molar-refractivity contribution is 7.20. The summed E-state index contributed by atoms with van der Waals surface area (Å²) in [4.78, 5) is 0. The largest absolute Gasteiger partial charge is 0.458 e. The van der Waals surface area contributed by atoms with Crippen molar-refractivity contribution in [2.24, 2.45) is 0 Å². The molecule has 0 bridgehead atoms. The molecular formula is C66H45BN2OSi. The van der Waals surface area contributed by atoms with Crippen LogP contribution in [0.1, 0.15) is 0 Å². The molecule has 0 aliphatic carbocycles. The monoisotopic (exact) mass is 920 g/mol. The number of ether oxygens (including phenoxy) is 1. The zero-order valence-corrected chi connectivity index (χ0v) is 39.9. The van der Waals surface area contributed by atoms with Crippen molar-refractivity contribution in [1.82, 2.24) is 9.13 Å². The fourth-order valence-corrected chi connectivity index (χ4v) is 16.8. The zero-order valence-electron chi connectivity index (χ0n) is 38.9. The summed E-state index contributed by atoms with van der Waals surface area (Å²) in [5, 5.41) is 10.3. The van der Waals surface area contributed by atoms with Gasteiger partial charge in [-0.15, -0.1) is 0 Å². The third-order valence-corrected chi connectivity index (χ3v) is 19.8. The summed E-state index contributed by atoms with van der Waals surface area (Å²) in [5.41, 5.74) is 12.7. The molecule has 0 radical (unpaired) electrons. The summed E-state index contributed by atoms with van der Waals surface area (Å²) in [5.74, 6) is 1.71. The van der Waals surface area contributed by atoms with Crippen LogP contribution in [-0.4, -0.2) is 23.9 Å². The van der Waals surface area contributed by atoms with Crippen LogP contribution >= 0.6 is 0 Å². The molecule has 14 rings (SSSR count). The number of rotatable bonds is 8. The lowest BCUT2D eigenvalue weighted by molar-refractivity contribution is 0.487. The van der Waals surface area contributed by atoms with Crippen LogP contribution in [0.4, 0.5) is 0 Å². The Kier molecular flexibility index (Phi) is 9.65. The minimum atomic E-state index is -2.81. The van der Waals surface area contributed by atoms with Gasteiger partial charge in [0.2, 0.25) is 0 Å². The number of hydrogen-bond donors (Lipinski definition) is 0. The molecular weight excluding hydrogens is 876 g/mol. The van der Waals surface area contributed by atoms with Crippen molar-refractivity contribution < 1.29 is 4.74 Å². The minimum absolute atomic E-state index is 0.132. The van der Waals surface area contributed by atoms with Gasteiger partial charge in [-0.25, -0.2) is 0 Å². The third-order valence-electron chi connectivity index (χ3n) is 15.0. The molecule has 0 fully saturated rings. The maximum absolute atomic E-state index is 7.29. The molecule has 1 aliphatic rings. The first-order valence-corrected chi connectivity index (χ1v) is 26.5. The van der Waals surface area contributed by atoms with Crippen molar-refractivity contribution in [3.8, 4) is 34.0 Å². The lowest BCUT2D eigenvalue weighted by atomic mass is 9.35. The molecule has 0 N–H and O–H groups in total. The summed E-state index contributed by atoms with van der Waals surface area (Å²) in [7, 11) is -2.81. The molecule has 0 spiro atoms. The minimum Gasteiger partial charge on any atom is -0.458 e. The van der Waals surface area contributed by atoms with Gasteiger partial charge < -0.3 is 13.9 Å². The molecule has 2 aromatic heterocycles. The van der Waals surface area contributed by atoms with Gasteiger partial charge in [-0.1, -0.05) is 230 Å². The maximum atomic E-state index is 7.29. The van der Waals surface area contributed by atoms with Gasteiger partial charge >= 0.3 is 0 Å². The first-order valence-electron chi connectivity index (χ1n) is 24.5. The maximum Gasteiger partial charge on any atom is 0.251 e. The van der Waals surface area contributed by atoms with Crippen molar-refractivity contribution in [3.63, 3.8) is 0 Å². The Bertz CT molecular complexity index is 3800. The highest BCUT2D eigenvalue weighted by atomic mass is 28.3. The molecule has 3 nitrogen and oxygen atoms in total. The van der Waals surface area contributed by atoms with E-state index in [-0.39, 0.29) is 6.71 Å². The topological polar surface area (TPSA) is 19.1 Å². The molecule has 1 aliphatic heterocycles. The second-order valence-electron chi connectivity index (χ2n) is 18.7. The molecule has 0 saturated carbocycles. The van der Waals surface area contributed by atoms with Crippen molar-refractivity contribution >= 4 is 95.5 Å². The molecule has 11 aromatic carbocycles. The quantitative estimate of drug-likeness (QED) is 0.110. The van der Waals surface area contributed by atoms with Crippen molar-refractivity contribution in [1.29, 1.82) is 0 Å². The highest BCUT2D eigenvalue weighted by Crippen LogP contribution is 2.37. The van der Waals surface area contributed by atoms with Gasteiger partial charge in [-0.2, -0.15) is 0 Å². The Morgan fingerprint density at radius 2 is 0.676 bits per heavy atom. The van der Waals surface area contributed by atoms with Crippen molar-refractivity contribution in [2.45, 2.75) is 0 Å². The highest BCUT2D eigenvalue weighted by Gasteiger charge is 2.42. The van der Waals surface area contributed by atoms with Gasteiger partial charge in [0.25, 0.3) is 6.71 Å². The summed E-state index contributed by atoms with van der Waals surface area (Å²) in [6.45, 7) is -0.132. The number of para-hydroxylation sites is 4. The number of aromatic nitrogens is 2. The molecule has 0 amide bonds. The average Bonchev–Trinajstić information content (AvgIpc) is 3.96. The predicted molar refractivity (Wildman–Crippen MR) is 302 cm³/mol. The summed E-state index contributed by atoms with van der Waals surface area (Å²) in [6.07, 6.45) is 0. The lowest BCUT2D eigenvalue weighted by Gasteiger charge is -2.35. The Hall–Kier alpha value is -8.90. The van der Waals surface area contributed by atoms with E-state index in [1.165, 1.54) is 80.9 Å². The Labute approximate surface area is 414 Å². The number of benzene rings is 11. The van der Waals surface area contributed by atoms with E-state index in [1.54, 1.807) is 0 Å². The smallest absolute Gasteiger partial charge is 0.251 e. The van der Waals surface area contributed by atoms with E-state index in [2.05, 4.69) is 282 Å². The van der Waals surface area contributed by atoms with E-state index in [1.807, 2.05) is 0 Å². The first kappa shape index (κ1) is 41.1. The lowest BCUT2D eigenvalue weighted by Crippen LogP contribution is -2.74. The number of fused-ring (bicyclic) bond motifs is 8. The average molecular weight is 921 g/mol. The normalized spacial score (nSPS) is 12.3. The van der Waals surface area contributed by atoms with Crippen LogP contribution in [0.3, 0.4) is 0 Å². The summed E-state index contributed by atoms with van der Waals surface area (Å²) >= 11 is 0. The van der Waals surface area contributed by atoms with Crippen LogP contribution in [0.15, 0.2) is 273 Å². The Morgan fingerprint density at radius 1 is 0.296 bits per heavy atom. The van der Waals surface area contributed by atoms with E-state index in [9.17, 15) is 0 Å². The van der Waals surface area contributed by atoms with E-state index in [0.717, 1.165) is 33.8 Å². The molecule has 0 atom stereocenters. The van der Waals surface area contributed by atoms with Gasteiger partial charge in [-0.3, -0.25) is 0 Å². The van der Waals surface area contributed by atoms with E-state index in [4.69, 9.17) is 4.74 Å². The summed E-state index contributed by atoms with van der Waals surface area (Å²) in [6, 6.07) is 101. The molecule has 5 heteroatoms. The van der Waals surface area contributed by atoms with Gasteiger partial charge in [0, 0.05) is 45.1 Å². The van der Waals surface area contributed by atoms with E-state index < -0.39 is 8.07 Å². The predicted octanol–water partition coefficient (Wildman–Crippen LogP) is 11.5. The van der Waals surface area contributed by atoms with E-state index >= 15 is 0 Å². The Balaban J connectivity index is 0.988. The Morgan fingerprint density at radius 3 is 1.13 bits per heavy atom. The second-order valence-corrected chi connectivity index (χ2v) is 22.5. The number of nitrogens with zero attached hydrogens (tertiary/aromatic N) is 2. The fraction of sp³-hybridized carbons (Fsp3) is 0. The van der Waals surface area contributed by atoms with Gasteiger partial charge in [0.15, 0.2) is 8.07 Å². The zero-order chi connectivity index (χ0) is 46.9. The fourth-order valence-electron chi connectivity index (χ4n) is 12.0. The van der Waals surface area contributed by atoms with E-state index in [0.29, 0.717) is 0 Å². The van der Waals surface area contributed by atoms with Gasteiger partial charge in [0.05, 0.1) is 22.1 Å². The first-order chi connectivity index (χ1) is 35.2. The van der Waals surface area contributed by atoms with Gasteiger partial charge in [0.1, 0.15) is 11.5 Å². The van der Waals surface area contributed by atoms with Crippen LogP contribution in [0.2, 0.25) is 0 Å². The van der Waals surface area contributed by atoms with Crippen molar-refractivity contribution in [3.05, 3.63) is 273 Å². The SMILES string of the molecule is c1ccc([Si](c2ccccc2)(c2ccccc2)c2cccc(-c3ccccc3B3c4ccc(-n5c6ccccc6c6ccccc65)cc4Oc4cc(-n5c6ccccc6c6ccccc65)ccc43)c2)cc1. The van der Waals surface area contributed by atoms with Crippen LogP contribution in [0, 0.1) is 0 Å². The molecule has 332 valence electrons. The van der Waals surface area contributed by atoms with Gasteiger partial charge in [-0.05, 0) is 79.2 Å². The molecule has 3 heterocycles. The summed E-state index contributed by atoms with van der Waals surface area (Å²) < 4.78 is 12.1. The standard InChI is InChI=1S/C66H45BN2OSi/c1-4-22-49(23-5-1)71(50-24-6-2-7-25-50,51-26-8-3-9-27-51)52-28-20-21-46(43-52)53-29-10-15-34-58(53)67-59-41-39-47(68-61-35-16-11-30-54(61)55-31-12-17-36-62(55)68)44-65(59)70-66-45-48(40-42-60(66)67)69-63-37-18-13-32-56(63)57-33-14-19-38-64(57)69/h1-45H. The van der Waals surface area contributed by atoms with Crippen LogP contribution in [0.25, 0.3) is 66.1 Å². The molecule has 71 heavy (non-hydrogen) atoms. The number of hydrogen-bond acceptors (Lipinski definition) is 1. The van der Waals surface area contributed by atoms with Crippen LogP contribution in [-0.2, 0) is 0 Å². The molecule has 13 aromatic rings. The molecule has 0 unspecified atom stereocenters. The second kappa shape index (κ2) is 16.7. The van der Waals surface area contributed by atoms with Crippen molar-refractivity contribution in [2.75, 3.05) is 0 Å².